The number of ketones is 2. The van der Waals surface area contributed by atoms with Gasteiger partial charge < -0.3 is 24.9 Å². The van der Waals surface area contributed by atoms with Gasteiger partial charge in [0, 0.05) is 72.6 Å². The molecule has 0 amide bonds. The second kappa shape index (κ2) is 17.1. The zero-order valence-electron chi connectivity index (χ0n) is 26.9. The highest BCUT2D eigenvalue weighted by Gasteiger charge is 2.14. The van der Waals surface area contributed by atoms with E-state index in [1.165, 1.54) is 7.11 Å². The molecule has 0 aliphatic carbocycles. The van der Waals surface area contributed by atoms with Crippen LogP contribution < -0.4 is 9.80 Å². The van der Waals surface area contributed by atoms with Crippen molar-refractivity contribution in [2.24, 2.45) is 5.16 Å². The number of nitrogens with zero attached hydrogens (tertiary/aromatic N) is 3. The van der Waals surface area contributed by atoms with Crippen LogP contribution in [-0.4, -0.2) is 74.0 Å². The average Bonchev–Trinajstić information content (AvgIpc) is 3.09. The van der Waals surface area contributed by atoms with Gasteiger partial charge in [0.1, 0.15) is 12.8 Å². The van der Waals surface area contributed by atoms with Crippen LogP contribution in [0.1, 0.15) is 56.8 Å². The zero-order chi connectivity index (χ0) is 32.9. The first-order chi connectivity index (χ1) is 22.4. The molecule has 0 radical (unpaired) electrons. The van der Waals surface area contributed by atoms with Crippen molar-refractivity contribution in [1.82, 2.24) is 0 Å². The van der Waals surface area contributed by atoms with Gasteiger partial charge in [0.05, 0.1) is 13.2 Å². The third-order valence-corrected chi connectivity index (χ3v) is 7.98. The second-order valence-electron chi connectivity index (χ2n) is 10.9. The van der Waals surface area contributed by atoms with Gasteiger partial charge >= 0.3 is 0 Å². The highest BCUT2D eigenvalue weighted by Crippen LogP contribution is 2.20. The van der Waals surface area contributed by atoms with E-state index in [-0.39, 0.29) is 37.6 Å². The van der Waals surface area contributed by atoms with E-state index in [4.69, 9.17) is 4.84 Å². The summed E-state index contributed by atoms with van der Waals surface area (Å²) in [5.74, 6) is 0.0574. The summed E-state index contributed by atoms with van der Waals surface area (Å²) >= 11 is 0. The van der Waals surface area contributed by atoms with Gasteiger partial charge in [-0.1, -0.05) is 53.7 Å². The summed E-state index contributed by atoms with van der Waals surface area (Å²) in [4.78, 5) is 35.2. The molecule has 4 rings (SSSR count). The van der Waals surface area contributed by atoms with Gasteiger partial charge in [-0.3, -0.25) is 9.59 Å². The normalized spacial score (nSPS) is 10.7. The second-order valence-corrected chi connectivity index (χ2v) is 10.9. The molecule has 0 aliphatic rings. The smallest absolute Gasteiger partial charge is 0.167 e. The van der Waals surface area contributed by atoms with Crippen molar-refractivity contribution < 1.29 is 24.6 Å². The van der Waals surface area contributed by atoms with Crippen molar-refractivity contribution in [3.63, 3.8) is 0 Å². The molecule has 46 heavy (non-hydrogen) atoms. The van der Waals surface area contributed by atoms with E-state index in [9.17, 15) is 19.8 Å². The Kier molecular flexibility index (Phi) is 12.6. The van der Waals surface area contributed by atoms with Crippen molar-refractivity contribution in [3.05, 3.63) is 130 Å². The molecule has 0 saturated carbocycles. The van der Waals surface area contributed by atoms with Crippen LogP contribution in [-0.2, 0) is 17.7 Å². The molecule has 0 heterocycles. The fourth-order valence-electron chi connectivity index (χ4n) is 5.40. The van der Waals surface area contributed by atoms with Crippen molar-refractivity contribution in [1.29, 1.82) is 0 Å². The van der Waals surface area contributed by atoms with E-state index < -0.39 is 0 Å². The van der Waals surface area contributed by atoms with Gasteiger partial charge in [-0.15, -0.1) is 0 Å². The maximum Gasteiger partial charge on any atom is 0.167 e. The zero-order valence-corrected chi connectivity index (χ0v) is 26.9. The molecule has 8 heteroatoms. The Morgan fingerprint density at radius 3 is 1.24 bits per heavy atom. The number of hydrogen-bond acceptors (Lipinski definition) is 8. The molecule has 0 atom stereocenters. The van der Waals surface area contributed by atoms with Crippen molar-refractivity contribution in [2.75, 3.05) is 56.3 Å². The van der Waals surface area contributed by atoms with Crippen LogP contribution in [0.3, 0.4) is 0 Å². The van der Waals surface area contributed by atoms with Gasteiger partial charge in [0.25, 0.3) is 0 Å². The molecule has 2 N–H and O–H groups in total. The molecule has 4 aromatic rings. The Labute approximate surface area is 271 Å². The van der Waals surface area contributed by atoms with E-state index >= 15 is 0 Å². The minimum absolute atomic E-state index is 0.0287. The van der Waals surface area contributed by atoms with E-state index in [1.54, 1.807) is 0 Å². The first-order valence-electron chi connectivity index (χ1n) is 15.7. The van der Waals surface area contributed by atoms with E-state index in [1.807, 2.05) is 111 Å². The number of benzene rings is 4. The van der Waals surface area contributed by atoms with Crippen molar-refractivity contribution in [2.45, 2.75) is 26.7 Å². The molecule has 240 valence electrons. The number of hydrogen-bond donors (Lipinski definition) is 2. The number of carbonyl (C=O) groups excluding carboxylic acids is 2. The molecule has 0 saturated heterocycles. The molecule has 0 fully saturated rings. The standard InChI is InChI=1S/C38H43N3O5/c1-4-40(22-24-42)34-18-14-30(15-19-34)36(44)26-28-6-10-32(11-7-28)38(39-46-3)33-12-8-29(9-13-33)27-37(45)31-16-20-35(21-17-31)41(5-2)23-25-43/h6-21,42-43H,4-5,22-27H2,1-3H3. The SMILES string of the molecule is CCN(CCO)c1ccc(C(=O)Cc2ccc(C(=NOC)c3ccc(CC(=O)c4ccc(N(CC)CCO)cc4)cc3)cc2)cc1. The summed E-state index contributed by atoms with van der Waals surface area (Å²) < 4.78 is 0. The Morgan fingerprint density at radius 1 is 0.587 bits per heavy atom. The molecular formula is C38H43N3O5. The van der Waals surface area contributed by atoms with Crippen LogP contribution in [0.4, 0.5) is 11.4 Å². The average molecular weight is 622 g/mol. The summed E-state index contributed by atoms with van der Waals surface area (Å²) in [7, 11) is 1.50. The quantitative estimate of drug-likeness (QED) is 0.0903. The molecule has 0 bridgehead atoms. The molecule has 0 unspecified atom stereocenters. The monoisotopic (exact) mass is 621 g/mol. The largest absolute Gasteiger partial charge is 0.399 e. The van der Waals surface area contributed by atoms with Crippen LogP contribution >= 0.6 is 0 Å². The Bertz CT molecular complexity index is 1460. The topological polar surface area (TPSA) is 103 Å². The van der Waals surface area contributed by atoms with Crippen molar-refractivity contribution >= 4 is 28.7 Å². The number of aliphatic hydroxyl groups is 2. The summed E-state index contributed by atoms with van der Waals surface area (Å²) in [6, 6.07) is 30.4. The summed E-state index contributed by atoms with van der Waals surface area (Å²) in [6.07, 6.45) is 0.547. The minimum atomic E-state index is 0.0287. The first-order valence-corrected chi connectivity index (χ1v) is 15.7. The predicted octanol–water partition coefficient (Wildman–Crippen LogP) is 5.57. The number of aliphatic hydroxyl groups excluding tert-OH is 2. The molecule has 4 aromatic carbocycles. The van der Waals surface area contributed by atoms with Crippen LogP contribution in [0.15, 0.2) is 102 Å². The minimum Gasteiger partial charge on any atom is -0.399 e. The fraction of sp³-hybridized carbons (Fsp3) is 0.289. The molecule has 0 spiro atoms. The van der Waals surface area contributed by atoms with Gasteiger partial charge in [-0.05, 0) is 73.5 Å². The number of oxime groups is 1. The van der Waals surface area contributed by atoms with E-state index in [0.717, 1.165) is 46.7 Å². The van der Waals surface area contributed by atoms with E-state index in [2.05, 4.69) is 15.0 Å². The van der Waals surface area contributed by atoms with Crippen LogP contribution in [0, 0.1) is 0 Å². The molecular weight excluding hydrogens is 578 g/mol. The third-order valence-electron chi connectivity index (χ3n) is 7.98. The predicted molar refractivity (Wildman–Crippen MR) is 184 cm³/mol. The van der Waals surface area contributed by atoms with Gasteiger partial charge in [-0.25, -0.2) is 0 Å². The first kappa shape index (κ1) is 34.1. The number of anilines is 2. The number of rotatable bonds is 17. The number of Topliss-reactive ketones (excluding diaryl/α,β-unsaturated/α-hetero) is 2. The van der Waals surface area contributed by atoms with Crippen molar-refractivity contribution in [3.8, 4) is 0 Å². The lowest BCUT2D eigenvalue weighted by Crippen LogP contribution is -2.26. The van der Waals surface area contributed by atoms with Gasteiger partial charge in [-0.2, -0.15) is 0 Å². The summed E-state index contributed by atoms with van der Waals surface area (Å²) in [6.45, 7) is 6.88. The van der Waals surface area contributed by atoms with Crippen LogP contribution in [0.25, 0.3) is 0 Å². The fourth-order valence-corrected chi connectivity index (χ4v) is 5.40. The molecule has 8 nitrogen and oxygen atoms in total. The Balaban J connectivity index is 1.39. The lowest BCUT2D eigenvalue weighted by atomic mass is 9.96. The maximum absolute atomic E-state index is 13.0. The lowest BCUT2D eigenvalue weighted by Gasteiger charge is -2.22. The summed E-state index contributed by atoms with van der Waals surface area (Å²) in [5.41, 5.74) is 7.37. The summed E-state index contributed by atoms with van der Waals surface area (Å²) in [5, 5.41) is 22.8. The Morgan fingerprint density at radius 2 is 0.935 bits per heavy atom. The number of likely N-dealkylation sites (N-methyl/N-ethyl adjacent to an activating group) is 2. The van der Waals surface area contributed by atoms with Gasteiger partial charge in [0.15, 0.2) is 11.6 Å². The highest BCUT2D eigenvalue weighted by atomic mass is 16.6. The maximum atomic E-state index is 13.0. The Hall–Kier alpha value is -4.79. The van der Waals surface area contributed by atoms with Crippen LogP contribution in [0.5, 0.6) is 0 Å². The van der Waals surface area contributed by atoms with Crippen LogP contribution in [0.2, 0.25) is 0 Å². The molecule has 0 aromatic heterocycles. The van der Waals surface area contributed by atoms with Gasteiger partial charge in [0.2, 0.25) is 0 Å². The highest BCUT2D eigenvalue weighted by molar-refractivity contribution is 6.12. The van der Waals surface area contributed by atoms with E-state index in [0.29, 0.717) is 29.9 Å². The number of carbonyl (C=O) groups is 2. The third kappa shape index (κ3) is 8.90. The molecule has 0 aliphatic heterocycles. The lowest BCUT2D eigenvalue weighted by molar-refractivity contribution is 0.0985.